The highest BCUT2D eigenvalue weighted by atomic mass is 19.2. The molecule has 1 fully saturated rings. The second-order valence-corrected chi connectivity index (χ2v) is 8.32. The van der Waals surface area contributed by atoms with Gasteiger partial charge in [0.15, 0.2) is 41.1 Å². The van der Waals surface area contributed by atoms with Crippen LogP contribution in [-0.2, 0) is 16.1 Å². The Morgan fingerprint density at radius 1 is 0.800 bits per heavy atom. The normalized spacial score (nSPS) is 18.0. The van der Waals surface area contributed by atoms with Gasteiger partial charge in [0.25, 0.3) is 0 Å². The third-order valence-corrected chi connectivity index (χ3v) is 5.66. The molecule has 0 bridgehead atoms. The molecule has 1 aliphatic rings. The lowest BCUT2D eigenvalue weighted by molar-refractivity contribution is -0.206. The van der Waals surface area contributed by atoms with Crippen LogP contribution >= 0.6 is 0 Å². The Kier molecular flexibility index (Phi) is 7.66. The minimum Gasteiger partial charge on any atom is -0.483 e. The van der Waals surface area contributed by atoms with Crippen LogP contribution in [-0.4, -0.2) is 13.2 Å². The molecular formula is C26H22F6O3. The number of ether oxygens (including phenoxy) is 3. The Balaban J connectivity index is 1.49. The van der Waals surface area contributed by atoms with Gasteiger partial charge < -0.3 is 14.2 Å². The van der Waals surface area contributed by atoms with E-state index in [4.69, 9.17) is 14.2 Å². The quantitative estimate of drug-likeness (QED) is 0.255. The molecule has 0 aliphatic carbocycles. The van der Waals surface area contributed by atoms with Gasteiger partial charge in [0.2, 0.25) is 0 Å². The first-order valence-electron chi connectivity index (χ1n) is 11.0. The molecule has 0 saturated carbocycles. The van der Waals surface area contributed by atoms with Crippen molar-refractivity contribution in [3.05, 3.63) is 88.5 Å². The molecule has 0 aromatic heterocycles. The second-order valence-electron chi connectivity index (χ2n) is 8.32. The highest BCUT2D eigenvalue weighted by molar-refractivity contribution is 5.66. The minimum atomic E-state index is -1.66. The van der Waals surface area contributed by atoms with Crippen LogP contribution in [0, 0.1) is 40.8 Å². The van der Waals surface area contributed by atoms with Crippen LogP contribution in [0.5, 0.6) is 5.75 Å². The summed E-state index contributed by atoms with van der Waals surface area (Å²) in [6.07, 6.45) is 1.25. The third kappa shape index (κ3) is 5.62. The summed E-state index contributed by atoms with van der Waals surface area (Å²) in [4.78, 5) is 0. The molecule has 1 heterocycles. The standard InChI is InChI=1S/C26H22F6O3/c1-2-3-14-11-34-26(35-12-14)16-4-5-18(19(27)8-16)17-9-22(30)25(23(31)10-17)33-13-15-6-20(28)24(32)21(29)7-15/h4-10,14,26H,2-3,11-13H2,1H3. The molecule has 3 aromatic rings. The van der Waals surface area contributed by atoms with Gasteiger partial charge in [-0.2, -0.15) is 0 Å². The Labute approximate surface area is 198 Å². The van der Waals surface area contributed by atoms with Gasteiger partial charge in [-0.1, -0.05) is 25.5 Å². The van der Waals surface area contributed by atoms with Crippen molar-refractivity contribution in [3.63, 3.8) is 0 Å². The van der Waals surface area contributed by atoms with Gasteiger partial charge in [-0.05, 0) is 47.9 Å². The van der Waals surface area contributed by atoms with Gasteiger partial charge in [-0.25, -0.2) is 26.3 Å². The Hall–Kier alpha value is -3.04. The van der Waals surface area contributed by atoms with E-state index < -0.39 is 53.5 Å². The summed E-state index contributed by atoms with van der Waals surface area (Å²) >= 11 is 0. The summed E-state index contributed by atoms with van der Waals surface area (Å²) in [5.74, 6) is -8.12. The van der Waals surface area contributed by atoms with Crippen molar-refractivity contribution in [1.29, 1.82) is 0 Å². The van der Waals surface area contributed by atoms with Gasteiger partial charge >= 0.3 is 0 Å². The highest BCUT2D eigenvalue weighted by Crippen LogP contribution is 2.34. The van der Waals surface area contributed by atoms with Crippen molar-refractivity contribution in [3.8, 4) is 16.9 Å². The zero-order chi connectivity index (χ0) is 25.1. The molecule has 4 rings (SSSR count). The molecule has 186 valence electrons. The van der Waals surface area contributed by atoms with E-state index in [2.05, 4.69) is 6.92 Å². The summed E-state index contributed by atoms with van der Waals surface area (Å²) in [7, 11) is 0. The van der Waals surface area contributed by atoms with Gasteiger partial charge in [0.1, 0.15) is 12.4 Å². The van der Waals surface area contributed by atoms with Crippen molar-refractivity contribution in [2.24, 2.45) is 5.92 Å². The third-order valence-electron chi connectivity index (χ3n) is 5.66. The average molecular weight is 496 g/mol. The SMILES string of the molecule is CCCC1COC(c2ccc(-c3cc(F)c(OCc4cc(F)c(F)c(F)c4)c(F)c3)c(F)c2)OC1. The van der Waals surface area contributed by atoms with Crippen LogP contribution in [0.3, 0.4) is 0 Å². The molecule has 0 amide bonds. The predicted molar refractivity (Wildman–Crippen MR) is 115 cm³/mol. The van der Waals surface area contributed by atoms with E-state index in [0.717, 1.165) is 25.0 Å². The maximum Gasteiger partial charge on any atom is 0.194 e. The number of rotatable bonds is 7. The van der Waals surface area contributed by atoms with Gasteiger partial charge in [-0.15, -0.1) is 0 Å². The largest absolute Gasteiger partial charge is 0.483 e. The molecule has 1 aliphatic heterocycles. The number of halogens is 6. The molecule has 1 saturated heterocycles. The average Bonchev–Trinajstić information content (AvgIpc) is 2.82. The van der Waals surface area contributed by atoms with Gasteiger partial charge in [-0.3, -0.25) is 0 Å². The van der Waals surface area contributed by atoms with E-state index in [1.807, 2.05) is 0 Å². The van der Waals surface area contributed by atoms with Gasteiger partial charge in [0.05, 0.1) is 13.2 Å². The van der Waals surface area contributed by atoms with Gasteiger partial charge in [0, 0.05) is 17.0 Å². The molecule has 0 radical (unpaired) electrons. The Bertz CT molecular complexity index is 1160. The number of benzene rings is 3. The molecule has 0 spiro atoms. The van der Waals surface area contributed by atoms with Crippen LogP contribution < -0.4 is 4.74 Å². The molecule has 9 heteroatoms. The van der Waals surface area contributed by atoms with E-state index in [0.29, 0.717) is 30.9 Å². The van der Waals surface area contributed by atoms with Crippen molar-refractivity contribution >= 4 is 0 Å². The lowest BCUT2D eigenvalue weighted by atomic mass is 10.0. The van der Waals surface area contributed by atoms with Crippen LogP contribution in [0.2, 0.25) is 0 Å². The predicted octanol–water partition coefficient (Wildman–Crippen LogP) is 7.23. The van der Waals surface area contributed by atoms with Crippen molar-refractivity contribution in [2.75, 3.05) is 13.2 Å². The fourth-order valence-corrected chi connectivity index (χ4v) is 3.92. The Morgan fingerprint density at radius 2 is 1.43 bits per heavy atom. The van der Waals surface area contributed by atoms with Crippen LogP contribution in [0.1, 0.15) is 37.2 Å². The molecule has 0 N–H and O–H groups in total. The summed E-state index contributed by atoms with van der Waals surface area (Å²) < 4.78 is 100. The first kappa shape index (κ1) is 25.1. The van der Waals surface area contributed by atoms with Crippen LogP contribution in [0.15, 0.2) is 42.5 Å². The summed E-state index contributed by atoms with van der Waals surface area (Å²) in [6.45, 7) is 2.44. The Morgan fingerprint density at radius 3 is 2.00 bits per heavy atom. The van der Waals surface area contributed by atoms with E-state index in [-0.39, 0.29) is 22.6 Å². The topological polar surface area (TPSA) is 27.7 Å². The lowest BCUT2D eigenvalue weighted by Crippen LogP contribution is -2.27. The molecule has 3 nitrogen and oxygen atoms in total. The van der Waals surface area contributed by atoms with Crippen LogP contribution in [0.4, 0.5) is 26.3 Å². The van der Waals surface area contributed by atoms with Crippen molar-refractivity contribution < 1.29 is 40.6 Å². The highest BCUT2D eigenvalue weighted by Gasteiger charge is 2.24. The monoisotopic (exact) mass is 496 g/mol. The second kappa shape index (κ2) is 10.7. The molecule has 3 aromatic carbocycles. The fourth-order valence-electron chi connectivity index (χ4n) is 3.92. The molecule has 0 atom stereocenters. The number of hydrogen-bond acceptors (Lipinski definition) is 3. The molecule has 0 unspecified atom stereocenters. The van der Waals surface area contributed by atoms with E-state index in [9.17, 15) is 26.3 Å². The summed E-state index contributed by atoms with van der Waals surface area (Å²) in [5, 5.41) is 0. The maximum absolute atomic E-state index is 14.8. The fraction of sp³-hybridized carbons (Fsp3) is 0.308. The summed E-state index contributed by atoms with van der Waals surface area (Å²) in [5.41, 5.74) is 0.143. The van der Waals surface area contributed by atoms with Crippen molar-refractivity contribution in [2.45, 2.75) is 32.7 Å². The van der Waals surface area contributed by atoms with Crippen molar-refractivity contribution in [1.82, 2.24) is 0 Å². The number of hydrogen-bond donors (Lipinski definition) is 0. The van der Waals surface area contributed by atoms with Crippen LogP contribution in [0.25, 0.3) is 11.1 Å². The minimum absolute atomic E-state index is 0.0551. The molecule has 35 heavy (non-hydrogen) atoms. The first-order valence-corrected chi connectivity index (χ1v) is 11.0. The lowest BCUT2D eigenvalue weighted by Gasteiger charge is -2.29. The van der Waals surface area contributed by atoms with E-state index >= 15 is 0 Å². The molecular weight excluding hydrogens is 474 g/mol. The maximum atomic E-state index is 14.8. The zero-order valence-electron chi connectivity index (χ0n) is 18.7. The zero-order valence-corrected chi connectivity index (χ0v) is 18.7. The van der Waals surface area contributed by atoms with E-state index in [1.54, 1.807) is 6.07 Å². The smallest absolute Gasteiger partial charge is 0.194 e. The van der Waals surface area contributed by atoms with E-state index in [1.165, 1.54) is 12.1 Å². The first-order chi connectivity index (χ1) is 16.8. The summed E-state index contributed by atoms with van der Waals surface area (Å²) in [6, 6.07) is 7.19.